The van der Waals surface area contributed by atoms with E-state index < -0.39 is 0 Å². The zero-order valence-corrected chi connectivity index (χ0v) is 7.07. The second-order valence-electron chi connectivity index (χ2n) is 3.10. The van der Waals surface area contributed by atoms with Crippen LogP contribution in [0.1, 0.15) is 38.5 Å². The minimum Gasteiger partial charge on any atom is -0.287 e. The first-order chi connectivity index (χ1) is 4.79. The molecular formula is C8H14OS. The Morgan fingerprint density at radius 2 is 1.90 bits per heavy atom. The largest absolute Gasteiger partial charge is 0.287 e. The van der Waals surface area contributed by atoms with E-state index in [1.165, 1.54) is 32.1 Å². The standard InChI is InChI=1S/C8H14OS/c9-8(10)6-7-4-2-1-3-5-7/h7H,1-6H2,(H,9,10). The van der Waals surface area contributed by atoms with E-state index in [4.69, 9.17) is 0 Å². The predicted octanol–water partition coefficient (Wildman–Crippen LogP) is 2.41. The molecule has 0 aromatic carbocycles. The minimum absolute atomic E-state index is 0.0619. The van der Waals surface area contributed by atoms with Crippen molar-refractivity contribution >= 4 is 17.7 Å². The Morgan fingerprint density at radius 3 is 2.40 bits per heavy atom. The molecule has 0 aromatic heterocycles. The van der Waals surface area contributed by atoms with Crippen molar-refractivity contribution < 1.29 is 4.79 Å². The third-order valence-corrected chi connectivity index (χ3v) is 2.37. The molecule has 0 radical (unpaired) electrons. The van der Waals surface area contributed by atoms with Gasteiger partial charge in [0.25, 0.3) is 0 Å². The van der Waals surface area contributed by atoms with Crippen molar-refractivity contribution in [2.75, 3.05) is 0 Å². The van der Waals surface area contributed by atoms with E-state index in [1.807, 2.05) is 0 Å². The summed E-state index contributed by atoms with van der Waals surface area (Å²) < 4.78 is 0. The molecule has 58 valence electrons. The molecule has 0 unspecified atom stereocenters. The van der Waals surface area contributed by atoms with E-state index in [2.05, 4.69) is 12.6 Å². The van der Waals surface area contributed by atoms with Crippen LogP contribution in [0.25, 0.3) is 0 Å². The van der Waals surface area contributed by atoms with E-state index in [0.29, 0.717) is 12.3 Å². The fourth-order valence-electron chi connectivity index (χ4n) is 1.64. The molecule has 2 heteroatoms. The molecule has 0 amide bonds. The number of carbonyl (C=O) groups excluding carboxylic acids is 1. The summed E-state index contributed by atoms with van der Waals surface area (Å²) in [4.78, 5) is 10.6. The second-order valence-corrected chi connectivity index (χ2v) is 3.60. The van der Waals surface area contributed by atoms with Crippen LogP contribution in [0.2, 0.25) is 0 Å². The fourth-order valence-corrected chi connectivity index (χ4v) is 1.90. The topological polar surface area (TPSA) is 17.1 Å². The maximum atomic E-state index is 10.6. The van der Waals surface area contributed by atoms with E-state index in [0.717, 1.165) is 0 Å². The Kier molecular flexibility index (Phi) is 3.26. The molecule has 0 heterocycles. The lowest BCUT2D eigenvalue weighted by Gasteiger charge is -2.19. The number of hydrogen-bond donors (Lipinski definition) is 1. The van der Waals surface area contributed by atoms with Gasteiger partial charge in [0.15, 0.2) is 5.12 Å². The Balaban J connectivity index is 2.19. The van der Waals surface area contributed by atoms with E-state index in [-0.39, 0.29) is 5.12 Å². The molecule has 1 rings (SSSR count). The highest BCUT2D eigenvalue weighted by molar-refractivity contribution is 7.96. The zero-order valence-electron chi connectivity index (χ0n) is 6.18. The summed E-state index contributed by atoms with van der Waals surface area (Å²) in [5.41, 5.74) is 0. The van der Waals surface area contributed by atoms with E-state index in [9.17, 15) is 4.79 Å². The number of carbonyl (C=O) groups is 1. The summed E-state index contributed by atoms with van der Waals surface area (Å²) in [6.07, 6.45) is 7.16. The summed E-state index contributed by atoms with van der Waals surface area (Å²) in [5.74, 6) is 0.652. The monoisotopic (exact) mass is 158 g/mol. The lowest BCUT2D eigenvalue weighted by Crippen LogP contribution is -2.08. The number of rotatable bonds is 2. The van der Waals surface area contributed by atoms with Crippen LogP contribution in [0.3, 0.4) is 0 Å². The van der Waals surface area contributed by atoms with Crippen LogP contribution in [0.5, 0.6) is 0 Å². The van der Waals surface area contributed by atoms with Gasteiger partial charge in [-0.05, 0) is 18.8 Å². The Hall–Kier alpha value is 0.0200. The van der Waals surface area contributed by atoms with Crippen molar-refractivity contribution in [3.63, 3.8) is 0 Å². The van der Waals surface area contributed by atoms with Crippen molar-refractivity contribution in [2.45, 2.75) is 38.5 Å². The summed E-state index contributed by atoms with van der Waals surface area (Å²) in [7, 11) is 0. The Labute approximate surface area is 67.6 Å². The quantitative estimate of drug-likeness (QED) is 0.611. The maximum Gasteiger partial charge on any atom is 0.186 e. The van der Waals surface area contributed by atoms with Gasteiger partial charge >= 0.3 is 0 Å². The van der Waals surface area contributed by atoms with Gasteiger partial charge in [0, 0.05) is 6.42 Å². The first-order valence-corrected chi connectivity index (χ1v) is 4.45. The summed E-state index contributed by atoms with van der Waals surface area (Å²) in [5, 5.41) is 0.0619. The number of hydrogen-bond acceptors (Lipinski definition) is 1. The first-order valence-electron chi connectivity index (χ1n) is 4.01. The molecule has 0 saturated heterocycles. The molecule has 10 heavy (non-hydrogen) atoms. The van der Waals surface area contributed by atoms with Gasteiger partial charge in [-0.25, -0.2) is 0 Å². The maximum absolute atomic E-state index is 10.6. The van der Waals surface area contributed by atoms with E-state index >= 15 is 0 Å². The molecule has 0 aliphatic heterocycles. The first kappa shape index (κ1) is 8.12. The van der Waals surface area contributed by atoms with Gasteiger partial charge in [-0.3, -0.25) is 4.79 Å². The molecule has 1 nitrogen and oxygen atoms in total. The molecule has 1 fully saturated rings. The van der Waals surface area contributed by atoms with Crippen molar-refractivity contribution in [3.05, 3.63) is 0 Å². The molecule has 0 spiro atoms. The highest BCUT2D eigenvalue weighted by Gasteiger charge is 2.14. The predicted molar refractivity (Wildman–Crippen MR) is 45.2 cm³/mol. The summed E-state index contributed by atoms with van der Waals surface area (Å²) in [6.45, 7) is 0. The fraction of sp³-hybridized carbons (Fsp3) is 0.875. The molecule has 1 aliphatic carbocycles. The Bertz CT molecular complexity index is 116. The van der Waals surface area contributed by atoms with Crippen molar-refractivity contribution in [2.24, 2.45) is 5.92 Å². The minimum atomic E-state index is 0.0619. The lowest BCUT2D eigenvalue weighted by atomic mass is 9.87. The van der Waals surface area contributed by atoms with Gasteiger partial charge in [0.2, 0.25) is 0 Å². The summed E-state index contributed by atoms with van der Waals surface area (Å²) >= 11 is 3.77. The molecule has 1 aliphatic rings. The SMILES string of the molecule is O=C(S)CC1CCCCC1. The van der Waals surface area contributed by atoms with Crippen LogP contribution in [0.4, 0.5) is 0 Å². The highest BCUT2D eigenvalue weighted by atomic mass is 32.1. The van der Waals surface area contributed by atoms with Crippen LogP contribution < -0.4 is 0 Å². The zero-order chi connectivity index (χ0) is 7.40. The van der Waals surface area contributed by atoms with E-state index in [1.54, 1.807) is 0 Å². The van der Waals surface area contributed by atoms with Crippen LogP contribution in [-0.2, 0) is 4.79 Å². The van der Waals surface area contributed by atoms with Gasteiger partial charge in [-0.15, -0.1) is 12.6 Å². The van der Waals surface area contributed by atoms with Crippen molar-refractivity contribution in [1.29, 1.82) is 0 Å². The van der Waals surface area contributed by atoms with Crippen LogP contribution >= 0.6 is 12.6 Å². The average Bonchev–Trinajstić information content (AvgIpc) is 1.88. The van der Waals surface area contributed by atoms with Crippen LogP contribution in [0, 0.1) is 5.92 Å². The van der Waals surface area contributed by atoms with Gasteiger partial charge in [0.1, 0.15) is 0 Å². The summed E-state index contributed by atoms with van der Waals surface area (Å²) in [6, 6.07) is 0. The van der Waals surface area contributed by atoms with Gasteiger partial charge in [0.05, 0.1) is 0 Å². The van der Waals surface area contributed by atoms with Crippen molar-refractivity contribution in [3.8, 4) is 0 Å². The van der Waals surface area contributed by atoms with Gasteiger partial charge in [-0.2, -0.15) is 0 Å². The van der Waals surface area contributed by atoms with Gasteiger partial charge < -0.3 is 0 Å². The molecule has 0 aromatic rings. The number of thiol groups is 1. The van der Waals surface area contributed by atoms with Crippen LogP contribution in [-0.4, -0.2) is 5.12 Å². The van der Waals surface area contributed by atoms with Crippen molar-refractivity contribution in [1.82, 2.24) is 0 Å². The molecule has 0 N–H and O–H groups in total. The average molecular weight is 158 g/mol. The Morgan fingerprint density at radius 1 is 1.30 bits per heavy atom. The third kappa shape index (κ3) is 2.74. The molecule has 0 atom stereocenters. The third-order valence-electron chi connectivity index (χ3n) is 2.19. The highest BCUT2D eigenvalue weighted by Crippen LogP contribution is 2.26. The normalized spacial score (nSPS) is 20.9. The van der Waals surface area contributed by atoms with Gasteiger partial charge in [-0.1, -0.05) is 19.3 Å². The van der Waals surface area contributed by atoms with Crippen LogP contribution in [0.15, 0.2) is 0 Å². The molecule has 0 bridgehead atoms. The smallest absolute Gasteiger partial charge is 0.186 e. The second kappa shape index (κ2) is 4.02. The molecule has 1 saturated carbocycles. The molecular weight excluding hydrogens is 144 g/mol. The lowest BCUT2D eigenvalue weighted by molar-refractivity contribution is -0.111.